The van der Waals surface area contributed by atoms with E-state index in [-0.39, 0.29) is 12.5 Å². The van der Waals surface area contributed by atoms with Crippen LogP contribution in [-0.4, -0.2) is 87.5 Å². The zero-order valence-electron chi connectivity index (χ0n) is 35.7. The second-order valence-corrected chi connectivity index (χ2v) is 16.6. The van der Waals surface area contributed by atoms with Gasteiger partial charge in [-0.1, -0.05) is 206 Å². The van der Waals surface area contributed by atoms with E-state index in [4.69, 9.17) is 9.47 Å². The summed E-state index contributed by atoms with van der Waals surface area (Å²) >= 11 is 0. The number of carbonyl (C=O) groups excluding carboxylic acids is 1. The van der Waals surface area contributed by atoms with Gasteiger partial charge in [-0.05, 0) is 19.3 Å². The molecule has 0 spiro atoms. The van der Waals surface area contributed by atoms with E-state index >= 15 is 0 Å². The van der Waals surface area contributed by atoms with Crippen molar-refractivity contribution < 1.29 is 39.8 Å². The minimum absolute atomic E-state index is 0.174. The van der Waals surface area contributed by atoms with Gasteiger partial charge in [0.1, 0.15) is 24.4 Å². The number of hydrogen-bond acceptors (Lipinski definition) is 8. The summed E-state index contributed by atoms with van der Waals surface area (Å²) in [6.07, 6.45) is 35.3. The molecule has 326 valence electrons. The average molecular weight is 784 g/mol. The molecule has 0 saturated carbocycles. The Labute approximate surface area is 337 Å². The summed E-state index contributed by atoms with van der Waals surface area (Å²) < 4.78 is 11.2. The van der Waals surface area contributed by atoms with Crippen molar-refractivity contribution in [2.75, 3.05) is 13.2 Å². The van der Waals surface area contributed by atoms with Gasteiger partial charge in [0, 0.05) is 6.42 Å². The Morgan fingerprint density at radius 1 is 0.600 bits per heavy atom. The molecule has 1 saturated heterocycles. The number of ether oxygens (including phenoxy) is 2. The topological polar surface area (TPSA) is 149 Å². The highest BCUT2D eigenvalue weighted by Gasteiger charge is 2.44. The highest BCUT2D eigenvalue weighted by molar-refractivity contribution is 5.76. The van der Waals surface area contributed by atoms with Crippen LogP contribution in [0.1, 0.15) is 219 Å². The van der Waals surface area contributed by atoms with E-state index in [1.54, 1.807) is 6.08 Å². The second kappa shape index (κ2) is 37.2. The largest absolute Gasteiger partial charge is 0.394 e. The zero-order chi connectivity index (χ0) is 40.2. The molecule has 1 aliphatic heterocycles. The van der Waals surface area contributed by atoms with E-state index in [0.29, 0.717) is 6.42 Å². The van der Waals surface area contributed by atoms with Crippen LogP contribution in [0.4, 0.5) is 0 Å². The fraction of sp³-hybridized carbons (Fsp3) is 0.935. The van der Waals surface area contributed by atoms with Crippen LogP contribution in [0.25, 0.3) is 0 Å². The summed E-state index contributed by atoms with van der Waals surface area (Å²) in [6, 6.07) is -0.798. The molecule has 1 amide bonds. The molecule has 1 aliphatic rings. The van der Waals surface area contributed by atoms with Crippen LogP contribution in [-0.2, 0) is 14.3 Å². The lowest BCUT2D eigenvalue weighted by Gasteiger charge is -2.40. The normalized spacial score (nSPS) is 21.3. The molecular weight excluding hydrogens is 695 g/mol. The SMILES string of the molecule is CCCCCCCCCCCCCCC/C=C/C(O)C(COC1OC(CO)C(O)C(O)C1O)NC(=O)CCCCCCCCCCCCCCCCCCC. The standard InChI is InChI=1S/C46H89NO8/c1-3-5-7-9-11-13-15-17-19-20-22-24-26-28-30-32-34-36-42(50)47-39(38-54-46-45(53)44(52)43(51)41(37-48)55-46)40(49)35-33-31-29-27-25-23-21-18-16-14-12-10-8-6-4-2/h33,35,39-41,43-46,48-49,51-53H,3-32,34,36-38H2,1-2H3,(H,47,50)/b35-33+. The van der Waals surface area contributed by atoms with E-state index in [0.717, 1.165) is 38.5 Å². The first kappa shape index (κ1) is 51.9. The number of hydrogen-bond donors (Lipinski definition) is 6. The predicted octanol–water partition coefficient (Wildman–Crippen LogP) is 9.73. The molecule has 0 aliphatic carbocycles. The molecule has 1 rings (SSSR count). The summed E-state index contributed by atoms with van der Waals surface area (Å²) in [5.41, 5.74) is 0. The van der Waals surface area contributed by atoms with Crippen LogP contribution in [0, 0.1) is 0 Å². The van der Waals surface area contributed by atoms with E-state index in [1.807, 2.05) is 6.08 Å². The first-order valence-corrected chi connectivity index (χ1v) is 23.4. The molecule has 0 aromatic carbocycles. The molecule has 1 fully saturated rings. The Morgan fingerprint density at radius 3 is 1.42 bits per heavy atom. The third-order valence-electron chi connectivity index (χ3n) is 11.4. The Balaban J connectivity index is 2.34. The van der Waals surface area contributed by atoms with Gasteiger partial charge in [-0.25, -0.2) is 0 Å². The van der Waals surface area contributed by atoms with E-state index in [2.05, 4.69) is 19.2 Å². The number of aliphatic hydroxyl groups is 5. The summed E-state index contributed by atoms with van der Waals surface area (Å²) in [5, 5.41) is 54.2. The number of rotatable bonds is 39. The Bertz CT molecular complexity index is 873. The number of amides is 1. The van der Waals surface area contributed by atoms with Gasteiger partial charge in [0.05, 0.1) is 25.4 Å². The Hall–Kier alpha value is -1.07. The predicted molar refractivity (Wildman–Crippen MR) is 226 cm³/mol. The van der Waals surface area contributed by atoms with Crippen molar-refractivity contribution in [2.45, 2.75) is 262 Å². The molecule has 0 bridgehead atoms. The molecule has 0 aromatic rings. The zero-order valence-corrected chi connectivity index (χ0v) is 35.7. The monoisotopic (exact) mass is 784 g/mol. The maximum Gasteiger partial charge on any atom is 0.220 e. The van der Waals surface area contributed by atoms with Gasteiger partial charge < -0.3 is 40.3 Å². The molecule has 0 radical (unpaired) electrons. The summed E-state index contributed by atoms with van der Waals surface area (Å²) in [6.45, 7) is 3.79. The molecular formula is C46H89NO8. The number of unbranched alkanes of at least 4 members (excludes halogenated alkanes) is 29. The molecule has 7 atom stereocenters. The number of aliphatic hydroxyl groups excluding tert-OH is 5. The van der Waals surface area contributed by atoms with E-state index < -0.39 is 49.5 Å². The minimum atomic E-state index is -1.56. The molecule has 55 heavy (non-hydrogen) atoms. The summed E-state index contributed by atoms with van der Waals surface area (Å²) in [4.78, 5) is 13.0. The van der Waals surface area contributed by atoms with Crippen molar-refractivity contribution in [1.82, 2.24) is 5.32 Å². The fourth-order valence-corrected chi connectivity index (χ4v) is 7.57. The summed E-state index contributed by atoms with van der Waals surface area (Å²) in [5.74, 6) is -0.174. The van der Waals surface area contributed by atoms with Gasteiger partial charge in [0.2, 0.25) is 5.91 Å². The van der Waals surface area contributed by atoms with Crippen molar-refractivity contribution in [2.24, 2.45) is 0 Å². The number of nitrogens with one attached hydrogen (secondary N) is 1. The highest BCUT2D eigenvalue weighted by atomic mass is 16.7. The van der Waals surface area contributed by atoms with Crippen molar-refractivity contribution in [3.63, 3.8) is 0 Å². The maximum atomic E-state index is 13.0. The first-order valence-electron chi connectivity index (χ1n) is 23.4. The lowest BCUT2D eigenvalue weighted by atomic mass is 9.99. The molecule has 7 unspecified atom stereocenters. The van der Waals surface area contributed by atoms with Crippen LogP contribution < -0.4 is 5.32 Å². The molecule has 9 heteroatoms. The molecule has 9 nitrogen and oxygen atoms in total. The molecule has 0 aromatic heterocycles. The summed E-state index contributed by atoms with van der Waals surface area (Å²) in [7, 11) is 0. The number of carbonyl (C=O) groups is 1. The van der Waals surface area contributed by atoms with Crippen molar-refractivity contribution >= 4 is 5.91 Å². The van der Waals surface area contributed by atoms with Crippen LogP contribution in [0.5, 0.6) is 0 Å². The maximum absolute atomic E-state index is 13.0. The smallest absolute Gasteiger partial charge is 0.220 e. The van der Waals surface area contributed by atoms with Gasteiger partial charge in [-0.2, -0.15) is 0 Å². The van der Waals surface area contributed by atoms with E-state index in [9.17, 15) is 30.3 Å². The molecule has 1 heterocycles. The van der Waals surface area contributed by atoms with Crippen LogP contribution in [0.2, 0.25) is 0 Å². The minimum Gasteiger partial charge on any atom is -0.394 e. The highest BCUT2D eigenvalue weighted by Crippen LogP contribution is 2.23. The van der Waals surface area contributed by atoms with Gasteiger partial charge in [0.15, 0.2) is 6.29 Å². The third-order valence-corrected chi connectivity index (χ3v) is 11.4. The third kappa shape index (κ3) is 28.1. The Morgan fingerprint density at radius 2 is 1.00 bits per heavy atom. The van der Waals surface area contributed by atoms with Crippen molar-refractivity contribution in [3.05, 3.63) is 12.2 Å². The van der Waals surface area contributed by atoms with Crippen LogP contribution in [0.15, 0.2) is 12.2 Å². The molecule has 6 N–H and O–H groups in total. The Kier molecular flexibility index (Phi) is 35.2. The van der Waals surface area contributed by atoms with Crippen LogP contribution in [0.3, 0.4) is 0 Å². The van der Waals surface area contributed by atoms with Gasteiger partial charge in [0.25, 0.3) is 0 Å². The van der Waals surface area contributed by atoms with Crippen LogP contribution >= 0.6 is 0 Å². The van der Waals surface area contributed by atoms with Gasteiger partial charge >= 0.3 is 0 Å². The van der Waals surface area contributed by atoms with Gasteiger partial charge in [-0.15, -0.1) is 0 Å². The van der Waals surface area contributed by atoms with E-state index in [1.165, 1.54) is 161 Å². The lowest BCUT2D eigenvalue weighted by molar-refractivity contribution is -0.302. The fourth-order valence-electron chi connectivity index (χ4n) is 7.57. The van der Waals surface area contributed by atoms with Crippen molar-refractivity contribution in [1.29, 1.82) is 0 Å². The van der Waals surface area contributed by atoms with Crippen molar-refractivity contribution in [3.8, 4) is 0 Å². The first-order chi connectivity index (χ1) is 26.8. The second-order valence-electron chi connectivity index (χ2n) is 16.6. The number of allylic oxidation sites excluding steroid dienone is 1. The van der Waals surface area contributed by atoms with Gasteiger partial charge in [-0.3, -0.25) is 4.79 Å². The quantitative estimate of drug-likeness (QED) is 0.0267. The average Bonchev–Trinajstić information content (AvgIpc) is 3.18. The lowest BCUT2D eigenvalue weighted by Crippen LogP contribution is -2.60.